The molecule has 6 nitrogen and oxygen atoms in total. The van der Waals surface area contributed by atoms with E-state index in [4.69, 9.17) is 14.0 Å². The lowest BCUT2D eigenvalue weighted by atomic mass is 9.68. The maximum atomic E-state index is 12.0. The van der Waals surface area contributed by atoms with Crippen molar-refractivity contribution in [3.05, 3.63) is 18.0 Å². The lowest BCUT2D eigenvalue weighted by Gasteiger charge is -2.32. The highest BCUT2D eigenvalue weighted by molar-refractivity contribution is 6.48. The second-order valence-electron chi connectivity index (χ2n) is 6.62. The van der Waals surface area contributed by atoms with E-state index in [2.05, 4.69) is 5.10 Å². The number of aromatic nitrogens is 2. The summed E-state index contributed by atoms with van der Waals surface area (Å²) in [4.78, 5) is 12.0. The minimum Gasteiger partial charge on any atom is -0.466 e. The van der Waals surface area contributed by atoms with Gasteiger partial charge in [0.2, 0.25) is 0 Å². The van der Waals surface area contributed by atoms with Crippen LogP contribution in [0.25, 0.3) is 0 Å². The van der Waals surface area contributed by atoms with Crippen molar-refractivity contribution < 1.29 is 18.8 Å². The van der Waals surface area contributed by atoms with Crippen LogP contribution in [0.1, 0.15) is 52.6 Å². The lowest BCUT2D eigenvalue weighted by Crippen LogP contribution is -2.41. The van der Waals surface area contributed by atoms with Crippen molar-refractivity contribution in [2.24, 2.45) is 7.05 Å². The van der Waals surface area contributed by atoms with E-state index in [0.29, 0.717) is 6.61 Å². The molecule has 0 saturated carbocycles. The second kappa shape index (κ2) is 6.04. The summed E-state index contributed by atoms with van der Waals surface area (Å²) in [5.74, 6) is -0.518. The third kappa shape index (κ3) is 3.20. The molecule has 2 heterocycles. The average molecular weight is 308 g/mol. The maximum absolute atomic E-state index is 12.0. The van der Waals surface area contributed by atoms with Gasteiger partial charge in [-0.05, 0) is 40.7 Å². The first-order chi connectivity index (χ1) is 10.2. The zero-order valence-corrected chi connectivity index (χ0v) is 14.3. The molecular weight excluding hydrogens is 283 g/mol. The largest absolute Gasteiger partial charge is 0.468 e. The van der Waals surface area contributed by atoms with Crippen LogP contribution in [0.2, 0.25) is 0 Å². The van der Waals surface area contributed by atoms with Gasteiger partial charge in [0.15, 0.2) is 0 Å². The first-order valence-electron chi connectivity index (χ1n) is 7.67. The lowest BCUT2D eigenvalue weighted by molar-refractivity contribution is -0.143. The number of rotatable bonds is 5. The summed E-state index contributed by atoms with van der Waals surface area (Å²) in [6, 6.07) is 1.88. The Hall–Kier alpha value is -1.34. The number of aryl methyl sites for hydroxylation is 1. The molecular formula is C15H25BN2O4. The topological polar surface area (TPSA) is 62.6 Å². The summed E-state index contributed by atoms with van der Waals surface area (Å²) in [6.45, 7) is 10.1. The monoisotopic (exact) mass is 308 g/mol. The summed E-state index contributed by atoms with van der Waals surface area (Å²) in [5.41, 5.74) is 0.0124. The number of hydrogen-bond acceptors (Lipinski definition) is 5. The molecule has 0 bridgehead atoms. The molecule has 0 aromatic carbocycles. The number of ether oxygens (including phenoxy) is 1. The van der Waals surface area contributed by atoms with Crippen LogP contribution < -0.4 is 0 Å². The normalized spacial score (nSPS) is 20.9. The number of carbonyl (C=O) groups excluding carboxylic acids is 1. The smallest absolute Gasteiger partial charge is 0.466 e. The minimum atomic E-state index is -0.509. The summed E-state index contributed by atoms with van der Waals surface area (Å²) in [6.07, 6.45) is 1.91. The highest BCUT2D eigenvalue weighted by atomic mass is 16.7. The third-order valence-corrected chi connectivity index (χ3v) is 4.53. The van der Waals surface area contributed by atoms with E-state index in [-0.39, 0.29) is 18.2 Å². The zero-order chi connectivity index (χ0) is 16.5. The SMILES string of the molecule is CCOC(=O)CC(B1OC(C)(C)C(C)(C)O1)c1ccnn1C. The van der Waals surface area contributed by atoms with Crippen LogP contribution in [0.4, 0.5) is 0 Å². The van der Waals surface area contributed by atoms with Gasteiger partial charge in [0.25, 0.3) is 0 Å². The summed E-state index contributed by atoms with van der Waals surface area (Å²) < 4.78 is 19.1. The summed E-state index contributed by atoms with van der Waals surface area (Å²) in [7, 11) is 1.34. The van der Waals surface area contributed by atoms with Crippen LogP contribution in [0.3, 0.4) is 0 Å². The molecule has 1 aromatic rings. The van der Waals surface area contributed by atoms with Crippen LogP contribution in [0.15, 0.2) is 12.3 Å². The fourth-order valence-corrected chi connectivity index (χ4v) is 2.54. The van der Waals surface area contributed by atoms with Gasteiger partial charge < -0.3 is 14.0 Å². The van der Waals surface area contributed by atoms with E-state index in [9.17, 15) is 4.79 Å². The average Bonchev–Trinajstić information content (AvgIpc) is 2.89. The van der Waals surface area contributed by atoms with E-state index in [0.717, 1.165) is 5.69 Å². The van der Waals surface area contributed by atoms with Gasteiger partial charge in [-0.25, -0.2) is 0 Å². The van der Waals surface area contributed by atoms with Crippen LogP contribution in [0, 0.1) is 0 Å². The number of carbonyl (C=O) groups is 1. The zero-order valence-electron chi connectivity index (χ0n) is 14.3. The van der Waals surface area contributed by atoms with Crippen LogP contribution in [0.5, 0.6) is 0 Å². The van der Waals surface area contributed by atoms with Crippen molar-refractivity contribution in [3.8, 4) is 0 Å². The third-order valence-electron chi connectivity index (χ3n) is 4.53. The van der Waals surface area contributed by atoms with Crippen molar-refractivity contribution in [2.75, 3.05) is 6.61 Å². The van der Waals surface area contributed by atoms with Gasteiger partial charge in [-0.1, -0.05) is 0 Å². The van der Waals surface area contributed by atoms with Gasteiger partial charge in [0.05, 0.1) is 24.2 Å². The molecule has 2 rings (SSSR count). The molecule has 1 aliphatic rings. The fourth-order valence-electron chi connectivity index (χ4n) is 2.54. The molecule has 0 spiro atoms. The van der Waals surface area contributed by atoms with Crippen molar-refractivity contribution >= 4 is 13.1 Å². The number of hydrogen-bond donors (Lipinski definition) is 0. The van der Waals surface area contributed by atoms with E-state index in [1.807, 2.05) is 40.8 Å². The summed E-state index contributed by atoms with van der Waals surface area (Å²) >= 11 is 0. The molecule has 1 unspecified atom stereocenters. The van der Waals surface area contributed by atoms with Gasteiger partial charge >= 0.3 is 13.1 Å². The van der Waals surface area contributed by atoms with E-state index in [1.165, 1.54) is 0 Å². The van der Waals surface area contributed by atoms with Gasteiger partial charge in [-0.2, -0.15) is 5.10 Å². The van der Waals surface area contributed by atoms with Crippen LogP contribution in [-0.2, 0) is 25.9 Å². The molecule has 22 heavy (non-hydrogen) atoms. The highest BCUT2D eigenvalue weighted by Gasteiger charge is 2.54. The molecule has 1 saturated heterocycles. The molecule has 0 radical (unpaired) electrons. The van der Waals surface area contributed by atoms with E-state index in [1.54, 1.807) is 17.8 Å². The quantitative estimate of drug-likeness (QED) is 0.615. The predicted molar refractivity (Wildman–Crippen MR) is 83.3 cm³/mol. The maximum Gasteiger partial charge on any atom is 0.468 e. The first-order valence-corrected chi connectivity index (χ1v) is 7.67. The van der Waals surface area contributed by atoms with Crippen molar-refractivity contribution in [1.29, 1.82) is 0 Å². The fraction of sp³-hybridized carbons (Fsp3) is 0.733. The van der Waals surface area contributed by atoms with Gasteiger partial charge in [-0.3, -0.25) is 9.48 Å². The minimum absolute atomic E-state index is 0.199. The Kier molecular flexibility index (Phi) is 4.68. The molecule has 1 fully saturated rings. The van der Waals surface area contributed by atoms with Gasteiger partial charge in [-0.15, -0.1) is 0 Å². The van der Waals surface area contributed by atoms with Crippen LogP contribution in [-0.4, -0.2) is 40.7 Å². The molecule has 0 amide bonds. The van der Waals surface area contributed by atoms with Crippen LogP contribution >= 0.6 is 0 Å². The second-order valence-corrected chi connectivity index (χ2v) is 6.62. The highest BCUT2D eigenvalue weighted by Crippen LogP contribution is 2.41. The van der Waals surface area contributed by atoms with E-state index >= 15 is 0 Å². The molecule has 122 valence electrons. The van der Waals surface area contributed by atoms with Crippen molar-refractivity contribution in [1.82, 2.24) is 9.78 Å². The molecule has 1 aliphatic heterocycles. The van der Waals surface area contributed by atoms with Gasteiger partial charge in [0.1, 0.15) is 0 Å². The Morgan fingerprint density at radius 3 is 2.41 bits per heavy atom. The number of nitrogens with zero attached hydrogens (tertiary/aromatic N) is 2. The Morgan fingerprint density at radius 1 is 1.36 bits per heavy atom. The van der Waals surface area contributed by atoms with E-state index < -0.39 is 18.3 Å². The first kappa shape index (κ1) is 17.0. The Balaban J connectivity index is 2.26. The number of esters is 1. The Labute approximate surface area is 132 Å². The predicted octanol–water partition coefficient (Wildman–Crippen LogP) is 2.09. The van der Waals surface area contributed by atoms with Gasteiger partial charge in [0, 0.05) is 24.8 Å². The molecule has 1 aromatic heterocycles. The van der Waals surface area contributed by atoms with Crippen molar-refractivity contribution in [3.63, 3.8) is 0 Å². The standard InChI is InChI=1S/C15H25BN2O4/c1-7-20-13(19)10-11(12-8-9-17-18(12)6)16-21-14(2,3)15(4,5)22-16/h8-9,11H,7,10H2,1-6H3. The van der Waals surface area contributed by atoms with Crippen molar-refractivity contribution in [2.45, 2.75) is 58.1 Å². The Bertz CT molecular complexity index is 525. The molecule has 0 N–H and O–H groups in total. The molecule has 0 aliphatic carbocycles. The Morgan fingerprint density at radius 2 is 1.95 bits per heavy atom. The molecule has 7 heteroatoms. The summed E-state index contributed by atoms with van der Waals surface area (Å²) in [5, 5.41) is 4.19. The molecule has 1 atom stereocenters.